The van der Waals surface area contributed by atoms with Crippen molar-refractivity contribution in [2.45, 2.75) is 241 Å². The van der Waals surface area contributed by atoms with Gasteiger partial charge in [-0.05, 0) is 176 Å². The second-order valence-corrected chi connectivity index (χ2v) is 38.7. The van der Waals surface area contributed by atoms with Crippen LogP contribution in [0.1, 0.15) is 177 Å². The summed E-state index contributed by atoms with van der Waals surface area (Å²) in [5.41, 5.74) is 6.31. The van der Waals surface area contributed by atoms with Gasteiger partial charge in [0.1, 0.15) is 67.1 Å². The number of fused-ring (bicyclic) bond motifs is 12. The number of esters is 6. The Hall–Kier alpha value is -11.3. The number of hydrogen-bond acceptors (Lipinski definition) is 45. The van der Waals surface area contributed by atoms with Crippen molar-refractivity contribution >= 4 is 58.6 Å². The van der Waals surface area contributed by atoms with Gasteiger partial charge >= 0.3 is 41.8 Å². The number of cyclic esters (lactones) is 3. The van der Waals surface area contributed by atoms with E-state index in [1.807, 2.05) is 0 Å². The number of methoxy groups -OCH3 is 3. The Morgan fingerprint density at radius 2 is 0.747 bits per heavy atom. The number of phenols is 1. The first-order valence-corrected chi connectivity index (χ1v) is 49.3. The van der Waals surface area contributed by atoms with Crippen molar-refractivity contribution in [3.05, 3.63) is 140 Å². The molecule has 6 aromatic rings. The molecular weight excluding hydrogens is 2010 g/mol. The first-order valence-electron chi connectivity index (χ1n) is 48.9. The van der Waals surface area contributed by atoms with Crippen molar-refractivity contribution in [1.82, 2.24) is 4.90 Å². The van der Waals surface area contributed by atoms with Gasteiger partial charge in [-0.25, -0.2) is 0 Å². The molecule has 3 aliphatic carbocycles. The number of rotatable bonds is 26. The van der Waals surface area contributed by atoms with E-state index in [9.17, 15) is 84.3 Å². The van der Waals surface area contributed by atoms with E-state index in [0.717, 1.165) is 0 Å². The quantitative estimate of drug-likeness (QED) is 0.0140. The molecule has 6 aromatic carbocycles. The molecule has 150 heavy (non-hydrogen) atoms. The highest BCUT2D eigenvalue weighted by Crippen LogP contribution is 2.62. The molecule has 10 N–H and O–H groups in total. The number of carbonyl (C=O) groups is 8. The van der Waals surface area contributed by atoms with Crippen LogP contribution in [-0.4, -0.2) is 316 Å². The molecule has 30 atom stereocenters. The number of likely N-dealkylation sites (N-methyl/N-ethyl adjacent to an activating group) is 1. The van der Waals surface area contributed by atoms with E-state index in [1.54, 1.807) is 126 Å². The van der Waals surface area contributed by atoms with Gasteiger partial charge in [0, 0.05) is 77.9 Å². The molecule has 46 nitrogen and oxygen atoms in total. The lowest BCUT2D eigenvalue weighted by Gasteiger charge is -2.48. The number of aliphatic hydroxyl groups excluding tert-OH is 8. The topological polar surface area (TPSA) is 591 Å². The van der Waals surface area contributed by atoms with Crippen LogP contribution in [0.25, 0.3) is 0 Å². The van der Waals surface area contributed by atoms with E-state index in [0.29, 0.717) is 96.7 Å². The van der Waals surface area contributed by atoms with Crippen LogP contribution in [0, 0.1) is 35.5 Å². The van der Waals surface area contributed by atoms with Crippen LogP contribution in [0.15, 0.2) is 72.8 Å². The normalized spacial score (nSPS) is 32.3. The zero-order chi connectivity index (χ0) is 106. The van der Waals surface area contributed by atoms with Gasteiger partial charge in [-0.1, -0.05) is 21.3 Å². The fourth-order valence-electron chi connectivity index (χ4n) is 21.9. The highest BCUT2D eigenvalue weighted by molar-refractivity contribution is 6.64. The second-order valence-electron chi connectivity index (χ2n) is 38.2. The molecule has 9 fully saturated rings. The molecule has 15 aliphatic rings. The Morgan fingerprint density at radius 1 is 0.413 bits per heavy atom. The number of halogens is 1. The second kappa shape index (κ2) is 46.7. The third-order valence-corrected chi connectivity index (χ3v) is 29.0. The van der Waals surface area contributed by atoms with Crippen LogP contribution in [0.5, 0.6) is 69.0 Å². The number of aromatic hydroxyl groups is 1. The number of aliphatic hydroxyl groups is 8. The maximum absolute atomic E-state index is 13.8. The first-order chi connectivity index (χ1) is 71.6. The number of ether oxygens (including phenoxy) is 27. The largest absolute Gasteiger partial charge is 0.504 e. The van der Waals surface area contributed by atoms with Crippen molar-refractivity contribution in [2.75, 3.05) is 102 Å². The van der Waals surface area contributed by atoms with Gasteiger partial charge in [0.15, 0.2) is 113 Å². The number of carboxylic acids is 1. The fraction of sp³-hybridized carbons (Fsp3) is 0.573. The van der Waals surface area contributed by atoms with Gasteiger partial charge in [0.05, 0.1) is 123 Å². The zero-order valence-electron chi connectivity index (χ0n) is 82.6. The van der Waals surface area contributed by atoms with E-state index in [4.69, 9.17) is 145 Å². The van der Waals surface area contributed by atoms with E-state index in [1.165, 1.54) is 21.3 Å². The minimum Gasteiger partial charge on any atom is -0.504 e. The number of hydrogen-bond donors (Lipinski definition) is 10. The zero-order valence-corrected chi connectivity index (χ0v) is 83.3. The summed E-state index contributed by atoms with van der Waals surface area (Å²) in [7, 11) is 7.81. The van der Waals surface area contributed by atoms with E-state index < -0.39 is 244 Å². The van der Waals surface area contributed by atoms with Gasteiger partial charge in [-0.15, -0.1) is 0 Å². The molecule has 0 radical (unpaired) electrons. The summed E-state index contributed by atoms with van der Waals surface area (Å²) >= 11 is 4.99. The number of aliphatic carboxylic acids is 1. The first kappa shape index (κ1) is 110. The Labute approximate surface area is 863 Å². The predicted molar refractivity (Wildman–Crippen MR) is 503 cm³/mol. The highest BCUT2D eigenvalue weighted by Gasteiger charge is 2.62. The minimum absolute atomic E-state index is 0. The van der Waals surface area contributed by atoms with Crippen molar-refractivity contribution < 1.29 is 217 Å². The van der Waals surface area contributed by atoms with Crippen LogP contribution >= 0.6 is 11.6 Å². The van der Waals surface area contributed by atoms with Gasteiger partial charge < -0.3 is 184 Å². The van der Waals surface area contributed by atoms with Gasteiger partial charge in [0.2, 0.25) is 25.6 Å². The molecule has 0 bridgehead atoms. The molecule has 0 spiro atoms. The number of benzene rings is 6. The summed E-state index contributed by atoms with van der Waals surface area (Å²) in [6.45, 7) is 7.48. The molecule has 47 heteroatoms. The van der Waals surface area contributed by atoms with Crippen molar-refractivity contribution in [3.8, 4) is 69.0 Å². The number of nitrogens with zero attached hydrogens (tertiary/aromatic N) is 1. The molecule has 816 valence electrons. The van der Waals surface area contributed by atoms with Crippen molar-refractivity contribution in [2.24, 2.45) is 35.5 Å². The number of carboxylic acid groups (broad SMARTS) is 1. The molecule has 18 unspecified atom stereocenters. The van der Waals surface area contributed by atoms with Crippen LogP contribution in [0.2, 0.25) is 0 Å². The molecule has 0 amide bonds. The average Bonchev–Trinajstić information content (AvgIpc) is 1.71. The van der Waals surface area contributed by atoms with Gasteiger partial charge in [0.25, 0.3) is 0 Å². The molecular formula is C103H122ClNO45. The number of carbonyl (C=O) groups excluding carboxylic acids is 7. The molecule has 12 heterocycles. The van der Waals surface area contributed by atoms with Crippen LogP contribution in [0.3, 0.4) is 0 Å². The smallest absolute Gasteiger partial charge is 0.311 e. The third kappa shape index (κ3) is 22.0. The Morgan fingerprint density at radius 3 is 1.07 bits per heavy atom. The average molecular weight is 2130 g/mol. The lowest BCUT2D eigenvalue weighted by atomic mass is 9.66. The fourth-order valence-corrected chi connectivity index (χ4v) is 22.1. The monoisotopic (exact) mass is 2130 g/mol. The van der Waals surface area contributed by atoms with Crippen molar-refractivity contribution in [1.29, 1.82) is 0 Å². The Bertz CT molecular complexity index is 5880. The summed E-state index contributed by atoms with van der Waals surface area (Å²) < 4.78 is 156. The molecule has 0 aromatic heterocycles. The van der Waals surface area contributed by atoms with Crippen LogP contribution in [0.4, 0.5) is 0 Å². The maximum atomic E-state index is 13.8. The molecule has 0 saturated carbocycles. The van der Waals surface area contributed by atoms with Gasteiger partial charge in [-0.2, -0.15) is 0 Å². The molecule has 21 rings (SSSR count). The summed E-state index contributed by atoms with van der Waals surface area (Å²) in [6, 6.07) is 20.5. The van der Waals surface area contributed by atoms with Gasteiger partial charge in [-0.3, -0.25) is 38.4 Å². The Balaban J connectivity index is 0.000000149. The van der Waals surface area contributed by atoms with Crippen LogP contribution < -0.4 is 52.1 Å². The third-order valence-electron chi connectivity index (χ3n) is 28.9. The van der Waals surface area contributed by atoms with E-state index in [-0.39, 0.29) is 150 Å². The van der Waals surface area contributed by atoms with Crippen LogP contribution in [-0.2, 0) is 134 Å². The summed E-state index contributed by atoms with van der Waals surface area (Å²) in [5, 5.41) is 105. The van der Waals surface area contributed by atoms with Crippen molar-refractivity contribution in [3.63, 3.8) is 0 Å². The van der Waals surface area contributed by atoms with E-state index >= 15 is 0 Å². The lowest BCUT2D eigenvalue weighted by molar-refractivity contribution is -0.365. The SMILES string of the molecule is C.CCC(=O)Oc1c(CO)cc([C@@H]2c3cc4c(cc3[C@@H](OC3OC5COC(C)OC5C(O)C3O)[C@H]3COC(=O)[C@H]23)OCO4)cc1OC.CCC(=O)Oc1c(CO)cc([C@@H]2c3cc4c(cc3[C@@H](OC3OC5COC(C)OC5C(O)C3OC(=O)CCCC(=O)O)[C@H]3COC(=O)[C@H]23)OCO4)cc1OC.CN(C)CC(=O)Cl.COc1cc([C@@H]2c3cc4c(cc3[C@@H](OC3OC5COC(C)OC5C(O)C3O)[C@H]3COC(=O)[C@H]23)OCO4)cc(CO)c1O. The maximum Gasteiger partial charge on any atom is 0.311 e. The lowest BCUT2D eigenvalue weighted by Crippen LogP contribution is -2.64. The molecule has 9 saturated heterocycles. The minimum atomic E-state index is -1.46. The molecule has 12 aliphatic heterocycles. The standard InChI is InChI=1S/C37H42O17.C32H36O14.C29H32O13.C4H8ClNO.CH4/c1-4-27(41)52-32-18(12-38)8-17(9-24(32)45-3)29-19-10-22-23(49-15-48-22)11-20(19)33(21-13-47-36(44)30(21)29)54-37-35(53-28(42)7-5-6-26(39)40)31(43)34-25(51-37)14-46-16(2)50-34;1-4-23(34)45-28-15(9-33)5-14(6-21(28)38-3)24-16-7-19-20(42-12-41-19)8-17(16)29(18-10-40-31(37)25(18)24)46-32-27(36)26(35)30-22(44-32)11-39-13(2)43-30;1-11-36-9-20-27(40-11)24(32)25(33)29(41-20)42-26-15-6-18-17(38-10-39-18)5-14(15)21(22-16(26)8-37-28(22)34)12-3-13(7-30)23(31)19(4-12)35-2;1-6(2)3-4(5)7;/h8-11,16,21,25,29-31,33-35,37-38,43H,4-7,12-15H2,1-3H3,(H,39,40);5-8,13,18,22,24-27,29-30,32-33,35-36H,4,9-12H2,1-3H3;3-6,11,16,20-22,24-27,29-33H,7-10H2,1-2H3;3H2,1-2H3;1H4/t16?,21-,25?,29+,30-,31?,33+,34?,35?,37?;13?,18-,22?,24+,25-,26?,27?,29+,30?,32?;11?,16-,20?,21+,22-,24?,25?,26+,27?,29?;;/m000../s1. The highest BCUT2D eigenvalue weighted by atomic mass is 35.5. The predicted octanol–water partition coefficient (Wildman–Crippen LogP) is 5.44. The summed E-state index contributed by atoms with van der Waals surface area (Å²) in [4.78, 5) is 101. The van der Waals surface area contributed by atoms with E-state index in [2.05, 4.69) is 0 Å². The summed E-state index contributed by atoms with van der Waals surface area (Å²) in [6.07, 6.45) is -21.8. The summed E-state index contributed by atoms with van der Waals surface area (Å²) in [5.74, 6) is -7.20. The Kier molecular flexibility index (Phi) is 34.2.